The number of thiophene rings is 1. The van der Waals surface area contributed by atoms with Gasteiger partial charge >= 0.3 is 0 Å². The van der Waals surface area contributed by atoms with Crippen LogP contribution in [0.4, 0.5) is 0 Å². The molecule has 0 radical (unpaired) electrons. The Morgan fingerprint density at radius 1 is 1.36 bits per heavy atom. The average Bonchev–Trinajstić information content (AvgIpc) is 2.55. The van der Waals surface area contributed by atoms with Gasteiger partial charge in [0.25, 0.3) is 0 Å². The number of hydrogen-bond acceptors (Lipinski definition) is 2. The molecule has 0 unspecified atom stereocenters. The minimum absolute atomic E-state index is 0.899. The Morgan fingerprint density at radius 3 is 2.71 bits per heavy atom. The first-order valence-electron chi connectivity index (χ1n) is 5.31. The second kappa shape index (κ2) is 5.97. The first-order chi connectivity index (χ1) is 6.79. The van der Waals surface area contributed by atoms with Crippen molar-refractivity contribution in [1.82, 2.24) is 0 Å². The van der Waals surface area contributed by atoms with Crippen LogP contribution in [0.3, 0.4) is 0 Å². The zero-order valence-electron chi connectivity index (χ0n) is 9.01. The Kier molecular flexibility index (Phi) is 4.88. The smallest absolute Gasteiger partial charge is 0.160 e. The minimum atomic E-state index is 0.899. The minimum Gasteiger partial charge on any atom is -0.297 e. The molecule has 2 heteroatoms. The van der Waals surface area contributed by atoms with E-state index in [0.717, 1.165) is 17.6 Å². The zero-order chi connectivity index (χ0) is 10.4. The van der Waals surface area contributed by atoms with Crippen molar-refractivity contribution in [3.05, 3.63) is 21.4 Å². The van der Waals surface area contributed by atoms with Crippen LogP contribution in [0.2, 0.25) is 0 Å². The average molecular weight is 210 g/mol. The first-order valence-corrected chi connectivity index (χ1v) is 6.19. The summed E-state index contributed by atoms with van der Waals surface area (Å²) in [5.74, 6) is 0. The highest BCUT2D eigenvalue weighted by Gasteiger charge is 2.05. The number of unbranched alkanes of at least 4 members (excludes halogenated alkanes) is 3. The number of hydrogen-bond donors (Lipinski definition) is 0. The summed E-state index contributed by atoms with van der Waals surface area (Å²) in [5.41, 5.74) is 2.56. The molecule has 0 fully saturated rings. The van der Waals surface area contributed by atoms with E-state index in [-0.39, 0.29) is 0 Å². The van der Waals surface area contributed by atoms with Crippen molar-refractivity contribution < 1.29 is 4.79 Å². The van der Waals surface area contributed by atoms with Gasteiger partial charge in [0.15, 0.2) is 6.29 Å². The summed E-state index contributed by atoms with van der Waals surface area (Å²) in [4.78, 5) is 11.5. The van der Waals surface area contributed by atoms with E-state index in [2.05, 4.69) is 19.2 Å². The van der Waals surface area contributed by atoms with E-state index in [0.29, 0.717) is 0 Å². The SMILES string of the molecule is CCCCCCc1csc(C=O)c1C. The fourth-order valence-electron chi connectivity index (χ4n) is 1.57. The van der Waals surface area contributed by atoms with Crippen molar-refractivity contribution in [1.29, 1.82) is 0 Å². The zero-order valence-corrected chi connectivity index (χ0v) is 9.82. The molecule has 0 aliphatic carbocycles. The monoisotopic (exact) mass is 210 g/mol. The fraction of sp³-hybridized carbons (Fsp3) is 0.583. The van der Waals surface area contributed by atoms with Gasteiger partial charge in [-0.25, -0.2) is 0 Å². The van der Waals surface area contributed by atoms with E-state index in [9.17, 15) is 4.79 Å². The van der Waals surface area contributed by atoms with Crippen LogP contribution in [-0.2, 0) is 6.42 Å². The Morgan fingerprint density at radius 2 is 2.14 bits per heavy atom. The van der Waals surface area contributed by atoms with Gasteiger partial charge in [0.2, 0.25) is 0 Å². The summed E-state index contributed by atoms with van der Waals surface area (Å²) in [6, 6.07) is 0. The van der Waals surface area contributed by atoms with Gasteiger partial charge in [-0.1, -0.05) is 26.2 Å². The van der Waals surface area contributed by atoms with Crippen molar-refractivity contribution in [2.45, 2.75) is 46.0 Å². The van der Waals surface area contributed by atoms with Gasteiger partial charge in [0.05, 0.1) is 4.88 Å². The summed E-state index contributed by atoms with van der Waals surface area (Å²) in [5, 5.41) is 2.13. The second-order valence-electron chi connectivity index (χ2n) is 3.68. The van der Waals surface area contributed by atoms with Crippen molar-refractivity contribution in [3.63, 3.8) is 0 Å². The largest absolute Gasteiger partial charge is 0.297 e. The van der Waals surface area contributed by atoms with E-state index < -0.39 is 0 Å². The number of aryl methyl sites for hydroxylation is 1. The molecule has 0 bridgehead atoms. The van der Waals surface area contributed by atoms with E-state index >= 15 is 0 Å². The summed E-state index contributed by atoms with van der Waals surface area (Å²) >= 11 is 1.57. The lowest BCUT2D eigenvalue weighted by molar-refractivity contribution is 0.112. The molecule has 1 nitrogen and oxygen atoms in total. The number of carbonyl (C=O) groups excluding carboxylic acids is 1. The van der Waals surface area contributed by atoms with Gasteiger partial charge in [0, 0.05) is 0 Å². The van der Waals surface area contributed by atoms with Crippen molar-refractivity contribution >= 4 is 17.6 Å². The normalized spacial score (nSPS) is 10.4. The quantitative estimate of drug-likeness (QED) is 0.512. The van der Waals surface area contributed by atoms with Crippen LogP contribution in [0, 0.1) is 6.92 Å². The predicted molar refractivity (Wildman–Crippen MR) is 62.3 cm³/mol. The summed E-state index contributed by atoms with van der Waals surface area (Å²) in [6.45, 7) is 4.27. The van der Waals surface area contributed by atoms with Crippen LogP contribution in [-0.4, -0.2) is 6.29 Å². The third-order valence-corrected chi connectivity index (χ3v) is 3.64. The van der Waals surface area contributed by atoms with Crippen molar-refractivity contribution in [2.75, 3.05) is 0 Å². The van der Waals surface area contributed by atoms with E-state index in [1.54, 1.807) is 11.3 Å². The van der Waals surface area contributed by atoms with Crippen LogP contribution in [0.1, 0.15) is 53.4 Å². The molecule has 0 N–H and O–H groups in total. The highest BCUT2D eigenvalue weighted by Crippen LogP contribution is 2.21. The Labute approximate surface area is 90.2 Å². The molecule has 1 aromatic rings. The standard InChI is InChI=1S/C12H18OS/c1-3-4-5-6-7-11-9-14-12(8-13)10(11)2/h8-9H,3-7H2,1-2H3. The van der Waals surface area contributed by atoms with Gasteiger partial charge in [0.1, 0.15) is 0 Å². The lowest BCUT2D eigenvalue weighted by atomic mass is 10.1. The molecular formula is C12H18OS. The summed E-state index contributed by atoms with van der Waals surface area (Å²) < 4.78 is 0. The molecule has 0 atom stereocenters. The third-order valence-electron chi connectivity index (χ3n) is 2.59. The summed E-state index contributed by atoms with van der Waals surface area (Å²) in [7, 11) is 0. The van der Waals surface area contributed by atoms with Crippen LogP contribution in [0.5, 0.6) is 0 Å². The van der Waals surface area contributed by atoms with Gasteiger partial charge in [-0.15, -0.1) is 11.3 Å². The lowest BCUT2D eigenvalue weighted by Crippen LogP contribution is -1.87. The van der Waals surface area contributed by atoms with Crippen LogP contribution >= 0.6 is 11.3 Å². The molecule has 1 aromatic heterocycles. The molecule has 0 saturated heterocycles. The molecule has 1 rings (SSSR count). The second-order valence-corrected chi connectivity index (χ2v) is 4.59. The van der Waals surface area contributed by atoms with Gasteiger partial charge in [-0.2, -0.15) is 0 Å². The number of rotatable bonds is 6. The molecule has 0 amide bonds. The Balaban J connectivity index is 2.42. The maximum Gasteiger partial charge on any atom is 0.160 e. The van der Waals surface area contributed by atoms with Gasteiger partial charge in [-0.3, -0.25) is 4.79 Å². The first kappa shape index (κ1) is 11.4. The van der Waals surface area contributed by atoms with Crippen molar-refractivity contribution in [2.24, 2.45) is 0 Å². The molecular weight excluding hydrogens is 192 g/mol. The van der Waals surface area contributed by atoms with E-state index in [1.165, 1.54) is 36.8 Å². The van der Waals surface area contributed by atoms with E-state index in [1.807, 2.05) is 0 Å². The molecule has 0 saturated carbocycles. The molecule has 78 valence electrons. The maximum atomic E-state index is 10.6. The molecule has 1 heterocycles. The number of carbonyl (C=O) groups is 1. The van der Waals surface area contributed by atoms with Crippen LogP contribution in [0.15, 0.2) is 5.38 Å². The van der Waals surface area contributed by atoms with Crippen molar-refractivity contribution in [3.8, 4) is 0 Å². The topological polar surface area (TPSA) is 17.1 Å². The lowest BCUT2D eigenvalue weighted by Gasteiger charge is -1.99. The molecule has 0 aromatic carbocycles. The van der Waals surface area contributed by atoms with Crippen LogP contribution < -0.4 is 0 Å². The van der Waals surface area contributed by atoms with E-state index in [4.69, 9.17) is 0 Å². The van der Waals surface area contributed by atoms with Gasteiger partial charge < -0.3 is 0 Å². The molecule has 0 spiro atoms. The predicted octanol–water partition coefficient (Wildman–Crippen LogP) is 3.99. The maximum absolute atomic E-state index is 10.6. The molecule has 0 aliphatic rings. The number of aldehydes is 1. The molecule has 14 heavy (non-hydrogen) atoms. The van der Waals surface area contributed by atoms with Gasteiger partial charge in [-0.05, 0) is 36.3 Å². The highest BCUT2D eigenvalue weighted by molar-refractivity contribution is 7.12. The summed E-state index contributed by atoms with van der Waals surface area (Å²) in [6.07, 6.45) is 7.27. The molecule has 0 aliphatic heterocycles. The van der Waals surface area contributed by atoms with Crippen LogP contribution in [0.25, 0.3) is 0 Å². The Bertz CT molecular complexity index is 289. The fourth-order valence-corrected chi connectivity index (χ4v) is 2.50. The third kappa shape index (κ3) is 2.95. The Hall–Kier alpha value is -0.630. The highest BCUT2D eigenvalue weighted by atomic mass is 32.1.